The lowest BCUT2D eigenvalue weighted by Crippen LogP contribution is -2.02. The number of nitrogens with one attached hydrogen (secondary N) is 1. The van der Waals surface area contributed by atoms with Gasteiger partial charge in [-0.25, -0.2) is 13.4 Å². The lowest BCUT2D eigenvalue weighted by molar-refractivity contribution is -0.380. The zero-order valence-corrected chi connectivity index (χ0v) is 12.1. The van der Waals surface area contributed by atoms with E-state index >= 15 is 0 Å². The number of rotatable bonds is 5. The molecule has 0 aliphatic heterocycles. The molecule has 0 amide bonds. The third kappa shape index (κ3) is 3.52. The standard InChI is InChI=1S/C11H11N3O4S2/c1-20(17,18)10-3-2-9(6-13-10)12-5-8-4-11(14(15)16)19-7-8/h2-4,6-7,12H,5H2,1H3. The van der Waals surface area contributed by atoms with Crippen LogP contribution >= 0.6 is 11.3 Å². The average Bonchev–Trinajstić information content (AvgIpc) is 2.85. The van der Waals surface area contributed by atoms with E-state index in [0.717, 1.165) is 23.2 Å². The predicted octanol–water partition coefficient (Wildman–Crippen LogP) is 2.07. The third-order valence-electron chi connectivity index (χ3n) is 2.43. The molecule has 106 valence electrons. The number of sulfone groups is 1. The Morgan fingerprint density at radius 2 is 2.20 bits per heavy atom. The highest BCUT2D eigenvalue weighted by atomic mass is 32.2. The van der Waals surface area contributed by atoms with E-state index in [0.29, 0.717) is 12.2 Å². The highest BCUT2D eigenvalue weighted by Gasteiger charge is 2.10. The maximum absolute atomic E-state index is 11.2. The monoisotopic (exact) mass is 313 g/mol. The minimum atomic E-state index is -3.31. The first-order valence-corrected chi connectivity index (χ1v) is 8.25. The molecular formula is C11H11N3O4S2. The summed E-state index contributed by atoms with van der Waals surface area (Å²) in [6, 6.07) is 4.51. The molecule has 2 rings (SSSR count). The van der Waals surface area contributed by atoms with Crippen LogP contribution in [0.3, 0.4) is 0 Å². The van der Waals surface area contributed by atoms with Crippen molar-refractivity contribution in [3.8, 4) is 0 Å². The van der Waals surface area contributed by atoms with Gasteiger partial charge in [-0.1, -0.05) is 11.3 Å². The smallest absolute Gasteiger partial charge is 0.324 e. The van der Waals surface area contributed by atoms with E-state index in [1.54, 1.807) is 11.4 Å². The highest BCUT2D eigenvalue weighted by Crippen LogP contribution is 2.23. The largest absolute Gasteiger partial charge is 0.380 e. The van der Waals surface area contributed by atoms with Gasteiger partial charge < -0.3 is 5.32 Å². The van der Waals surface area contributed by atoms with E-state index in [2.05, 4.69) is 10.3 Å². The Balaban J connectivity index is 2.02. The van der Waals surface area contributed by atoms with Crippen LogP contribution in [0.2, 0.25) is 0 Å². The maximum atomic E-state index is 11.2. The van der Waals surface area contributed by atoms with Crippen molar-refractivity contribution < 1.29 is 13.3 Å². The van der Waals surface area contributed by atoms with Crippen molar-refractivity contribution in [1.29, 1.82) is 0 Å². The molecule has 0 bridgehead atoms. The molecule has 0 spiro atoms. The van der Waals surface area contributed by atoms with Crippen LogP contribution in [0.4, 0.5) is 10.7 Å². The molecule has 0 unspecified atom stereocenters. The first-order chi connectivity index (χ1) is 9.36. The van der Waals surface area contributed by atoms with Crippen LogP contribution in [0.1, 0.15) is 5.56 Å². The van der Waals surface area contributed by atoms with Gasteiger partial charge in [0.1, 0.15) is 0 Å². The quantitative estimate of drug-likeness (QED) is 0.669. The second-order valence-corrected chi connectivity index (χ2v) is 6.91. The van der Waals surface area contributed by atoms with Gasteiger partial charge in [0.2, 0.25) is 0 Å². The molecule has 9 heteroatoms. The number of pyridine rings is 1. The molecule has 0 aromatic carbocycles. The van der Waals surface area contributed by atoms with Gasteiger partial charge in [-0.2, -0.15) is 0 Å². The summed E-state index contributed by atoms with van der Waals surface area (Å²) in [6.45, 7) is 0.407. The van der Waals surface area contributed by atoms with Crippen molar-refractivity contribution >= 4 is 31.9 Å². The molecule has 2 aromatic heterocycles. The fraction of sp³-hybridized carbons (Fsp3) is 0.182. The Kier molecular flexibility index (Phi) is 4.00. The van der Waals surface area contributed by atoms with Gasteiger partial charge in [0.25, 0.3) is 0 Å². The van der Waals surface area contributed by atoms with Crippen molar-refractivity contribution in [3.05, 3.63) is 45.5 Å². The molecule has 0 aliphatic rings. The zero-order chi connectivity index (χ0) is 14.8. The summed E-state index contributed by atoms with van der Waals surface area (Å²) in [7, 11) is -3.31. The zero-order valence-electron chi connectivity index (χ0n) is 10.4. The minimum Gasteiger partial charge on any atom is -0.380 e. The molecule has 0 aliphatic carbocycles. The molecule has 2 heterocycles. The second-order valence-electron chi connectivity index (χ2n) is 4.06. The fourth-order valence-electron chi connectivity index (χ4n) is 1.46. The molecule has 0 saturated carbocycles. The summed E-state index contributed by atoms with van der Waals surface area (Å²) in [4.78, 5) is 14.0. The normalized spacial score (nSPS) is 11.2. The molecule has 7 nitrogen and oxygen atoms in total. The van der Waals surface area contributed by atoms with E-state index in [1.165, 1.54) is 18.3 Å². The lowest BCUT2D eigenvalue weighted by atomic mass is 10.3. The number of hydrogen-bond donors (Lipinski definition) is 1. The van der Waals surface area contributed by atoms with E-state index in [-0.39, 0.29) is 10.0 Å². The average molecular weight is 313 g/mol. The van der Waals surface area contributed by atoms with Crippen molar-refractivity contribution in [2.75, 3.05) is 11.6 Å². The van der Waals surface area contributed by atoms with Crippen molar-refractivity contribution in [3.63, 3.8) is 0 Å². The summed E-state index contributed by atoms with van der Waals surface area (Å²) in [6.07, 6.45) is 2.50. The van der Waals surface area contributed by atoms with Crippen LogP contribution in [0.25, 0.3) is 0 Å². The Bertz CT molecular complexity index is 722. The molecular weight excluding hydrogens is 302 g/mol. The minimum absolute atomic E-state index is 0.00854. The van der Waals surface area contributed by atoms with Crippen molar-refractivity contribution in [1.82, 2.24) is 4.98 Å². The summed E-state index contributed by atoms with van der Waals surface area (Å²) in [5.74, 6) is 0. The van der Waals surface area contributed by atoms with E-state index < -0.39 is 14.8 Å². The predicted molar refractivity (Wildman–Crippen MR) is 75.6 cm³/mol. The van der Waals surface area contributed by atoms with Crippen LogP contribution in [0, 0.1) is 10.1 Å². The molecule has 1 N–H and O–H groups in total. The van der Waals surface area contributed by atoms with Crippen LogP contribution in [0.5, 0.6) is 0 Å². The number of aromatic nitrogens is 1. The SMILES string of the molecule is CS(=O)(=O)c1ccc(NCc2csc([N+](=O)[O-])c2)cn1. The molecule has 0 atom stereocenters. The maximum Gasteiger partial charge on any atom is 0.324 e. The van der Waals surface area contributed by atoms with E-state index in [1.807, 2.05) is 0 Å². The number of anilines is 1. The summed E-state index contributed by atoms with van der Waals surface area (Å²) >= 11 is 1.06. The van der Waals surface area contributed by atoms with E-state index in [4.69, 9.17) is 0 Å². The van der Waals surface area contributed by atoms with Gasteiger partial charge in [0.05, 0.1) is 16.8 Å². The first-order valence-electron chi connectivity index (χ1n) is 5.48. The van der Waals surface area contributed by atoms with Crippen LogP contribution in [-0.4, -0.2) is 24.6 Å². The van der Waals surface area contributed by atoms with Gasteiger partial charge >= 0.3 is 5.00 Å². The van der Waals surface area contributed by atoms with Gasteiger partial charge in [-0.05, 0) is 17.7 Å². The molecule has 0 saturated heterocycles. The highest BCUT2D eigenvalue weighted by molar-refractivity contribution is 7.90. The number of nitro groups is 1. The Morgan fingerprint density at radius 3 is 2.70 bits per heavy atom. The number of thiophene rings is 1. The number of hydrogen-bond acceptors (Lipinski definition) is 7. The fourth-order valence-corrected chi connectivity index (χ4v) is 2.75. The Hall–Kier alpha value is -2.00. The molecule has 0 radical (unpaired) electrons. The summed E-state index contributed by atoms with van der Waals surface area (Å²) in [5, 5.41) is 15.4. The molecule has 20 heavy (non-hydrogen) atoms. The Morgan fingerprint density at radius 1 is 1.45 bits per heavy atom. The molecule has 0 fully saturated rings. The molecule has 2 aromatic rings. The van der Waals surface area contributed by atoms with Crippen LogP contribution in [0.15, 0.2) is 34.8 Å². The van der Waals surface area contributed by atoms with Gasteiger partial charge in [-0.15, -0.1) is 0 Å². The second kappa shape index (κ2) is 5.55. The third-order valence-corrected chi connectivity index (χ3v) is 4.36. The Labute approximate surface area is 119 Å². The van der Waals surface area contributed by atoms with Gasteiger partial charge in [0.15, 0.2) is 14.9 Å². The summed E-state index contributed by atoms with van der Waals surface area (Å²) < 4.78 is 22.5. The topological polar surface area (TPSA) is 102 Å². The lowest BCUT2D eigenvalue weighted by Gasteiger charge is -2.04. The van der Waals surface area contributed by atoms with Crippen LogP contribution in [-0.2, 0) is 16.4 Å². The first kappa shape index (κ1) is 14.4. The van der Waals surface area contributed by atoms with Crippen LogP contribution < -0.4 is 5.32 Å². The van der Waals surface area contributed by atoms with E-state index in [9.17, 15) is 18.5 Å². The van der Waals surface area contributed by atoms with Crippen molar-refractivity contribution in [2.45, 2.75) is 11.6 Å². The number of nitrogens with zero attached hydrogens (tertiary/aromatic N) is 2. The van der Waals surface area contributed by atoms with Gasteiger partial charge in [-0.3, -0.25) is 10.1 Å². The summed E-state index contributed by atoms with van der Waals surface area (Å²) in [5.41, 5.74) is 1.43. The van der Waals surface area contributed by atoms with Crippen molar-refractivity contribution in [2.24, 2.45) is 0 Å². The van der Waals surface area contributed by atoms with Gasteiger partial charge in [0, 0.05) is 24.2 Å².